The third-order valence-corrected chi connectivity index (χ3v) is 1.39. The van der Waals surface area contributed by atoms with Gasteiger partial charge in [0.1, 0.15) is 5.78 Å². The topological polar surface area (TPSA) is 43.1 Å². The molecule has 0 heterocycles. The minimum absolute atomic E-state index is 0.217. The molecule has 2 nitrogen and oxygen atoms in total. The molecule has 0 fully saturated rings. The SMILES string of the molecule is CC[C@@H](N)CCC(C)=O. The van der Waals surface area contributed by atoms with E-state index < -0.39 is 0 Å². The highest BCUT2D eigenvalue weighted by molar-refractivity contribution is 5.75. The Kier molecular flexibility index (Phi) is 4.32. The molecule has 0 rings (SSSR count). The first-order valence-electron chi connectivity index (χ1n) is 3.41. The molecule has 0 aliphatic carbocycles. The summed E-state index contributed by atoms with van der Waals surface area (Å²) < 4.78 is 0. The van der Waals surface area contributed by atoms with Gasteiger partial charge in [-0.2, -0.15) is 0 Å². The van der Waals surface area contributed by atoms with Crippen LogP contribution in [0.3, 0.4) is 0 Å². The van der Waals surface area contributed by atoms with Gasteiger partial charge in [-0.1, -0.05) is 6.92 Å². The molecule has 1 atom stereocenters. The highest BCUT2D eigenvalue weighted by atomic mass is 16.1. The van der Waals surface area contributed by atoms with Gasteiger partial charge >= 0.3 is 0 Å². The van der Waals surface area contributed by atoms with Crippen molar-refractivity contribution in [3.63, 3.8) is 0 Å². The largest absolute Gasteiger partial charge is 0.328 e. The minimum Gasteiger partial charge on any atom is -0.328 e. The molecule has 0 spiro atoms. The maximum Gasteiger partial charge on any atom is 0.129 e. The van der Waals surface area contributed by atoms with Gasteiger partial charge in [0, 0.05) is 12.5 Å². The van der Waals surface area contributed by atoms with Gasteiger partial charge in [-0.3, -0.25) is 0 Å². The Labute approximate surface area is 56.4 Å². The van der Waals surface area contributed by atoms with Crippen molar-refractivity contribution in [2.75, 3.05) is 0 Å². The second kappa shape index (κ2) is 4.50. The highest BCUT2D eigenvalue weighted by Crippen LogP contribution is 1.97. The van der Waals surface area contributed by atoms with E-state index in [9.17, 15) is 4.79 Å². The number of hydrogen-bond acceptors (Lipinski definition) is 2. The fraction of sp³-hybridized carbons (Fsp3) is 0.857. The first-order chi connectivity index (χ1) is 4.16. The molecular formula is C7H15NO. The normalized spacial score (nSPS) is 13.2. The zero-order valence-corrected chi connectivity index (χ0v) is 6.18. The molecule has 54 valence electrons. The van der Waals surface area contributed by atoms with E-state index in [-0.39, 0.29) is 11.8 Å². The predicted octanol–water partition coefficient (Wildman–Crippen LogP) is 1.09. The summed E-state index contributed by atoms with van der Waals surface area (Å²) >= 11 is 0. The number of Topliss-reactive ketones (excluding diaryl/α,β-unsaturated/α-hetero) is 1. The van der Waals surface area contributed by atoms with Crippen LogP contribution in [0.4, 0.5) is 0 Å². The molecule has 0 amide bonds. The standard InChI is InChI=1S/C7H15NO/c1-3-7(8)5-4-6(2)9/h7H,3-5,8H2,1-2H3/t7-/m1/s1. The Balaban J connectivity index is 3.16. The third kappa shape index (κ3) is 5.50. The van der Waals surface area contributed by atoms with Crippen LogP contribution in [-0.2, 0) is 4.79 Å². The van der Waals surface area contributed by atoms with Crippen LogP contribution in [0.1, 0.15) is 33.1 Å². The molecule has 0 aromatic heterocycles. The summed E-state index contributed by atoms with van der Waals surface area (Å²) in [5, 5.41) is 0. The summed E-state index contributed by atoms with van der Waals surface area (Å²) in [6.45, 7) is 3.63. The highest BCUT2D eigenvalue weighted by Gasteiger charge is 1.99. The smallest absolute Gasteiger partial charge is 0.129 e. The lowest BCUT2D eigenvalue weighted by atomic mass is 10.1. The molecule has 0 aromatic carbocycles. The van der Waals surface area contributed by atoms with Crippen LogP contribution in [0, 0.1) is 0 Å². The predicted molar refractivity (Wildman–Crippen MR) is 38.2 cm³/mol. The average Bonchev–Trinajstić information content (AvgIpc) is 1.83. The first kappa shape index (κ1) is 8.63. The van der Waals surface area contributed by atoms with E-state index in [0.717, 1.165) is 12.8 Å². The molecule has 0 radical (unpaired) electrons. The van der Waals surface area contributed by atoms with Gasteiger partial charge in [0.05, 0.1) is 0 Å². The van der Waals surface area contributed by atoms with Gasteiger partial charge in [0.25, 0.3) is 0 Å². The van der Waals surface area contributed by atoms with Gasteiger partial charge in [0.2, 0.25) is 0 Å². The van der Waals surface area contributed by atoms with E-state index in [2.05, 4.69) is 0 Å². The summed E-state index contributed by atoms with van der Waals surface area (Å²) in [4.78, 5) is 10.4. The maximum absolute atomic E-state index is 10.4. The summed E-state index contributed by atoms with van der Waals surface area (Å²) in [5.41, 5.74) is 5.57. The zero-order valence-electron chi connectivity index (χ0n) is 6.18. The van der Waals surface area contributed by atoms with Crippen molar-refractivity contribution in [1.82, 2.24) is 0 Å². The molecule has 0 saturated heterocycles. The fourth-order valence-corrected chi connectivity index (χ4v) is 0.593. The molecule has 0 saturated carbocycles. The second-order valence-electron chi connectivity index (χ2n) is 2.41. The third-order valence-electron chi connectivity index (χ3n) is 1.39. The van der Waals surface area contributed by atoms with Crippen LogP contribution in [0.15, 0.2) is 0 Å². The van der Waals surface area contributed by atoms with Crippen molar-refractivity contribution < 1.29 is 4.79 Å². The van der Waals surface area contributed by atoms with Crippen LogP contribution in [0.2, 0.25) is 0 Å². The maximum atomic E-state index is 10.4. The van der Waals surface area contributed by atoms with Gasteiger partial charge < -0.3 is 10.5 Å². The molecule has 0 unspecified atom stereocenters. The first-order valence-corrected chi connectivity index (χ1v) is 3.41. The Morgan fingerprint density at radius 3 is 2.56 bits per heavy atom. The lowest BCUT2D eigenvalue weighted by Crippen LogP contribution is -2.19. The van der Waals surface area contributed by atoms with Crippen molar-refractivity contribution in [3.05, 3.63) is 0 Å². The Morgan fingerprint density at radius 1 is 1.67 bits per heavy atom. The Morgan fingerprint density at radius 2 is 2.22 bits per heavy atom. The van der Waals surface area contributed by atoms with E-state index in [1.165, 1.54) is 0 Å². The summed E-state index contributed by atoms with van der Waals surface area (Å²) in [7, 11) is 0. The number of hydrogen-bond donors (Lipinski definition) is 1. The van der Waals surface area contributed by atoms with Gasteiger partial charge in [-0.05, 0) is 19.8 Å². The molecule has 2 N–H and O–H groups in total. The van der Waals surface area contributed by atoms with Crippen molar-refractivity contribution >= 4 is 5.78 Å². The van der Waals surface area contributed by atoms with Gasteiger partial charge in [-0.25, -0.2) is 0 Å². The fourth-order valence-electron chi connectivity index (χ4n) is 0.593. The Hall–Kier alpha value is -0.370. The number of carbonyl (C=O) groups excluding carboxylic acids is 1. The van der Waals surface area contributed by atoms with E-state index in [4.69, 9.17) is 5.73 Å². The number of nitrogens with two attached hydrogens (primary N) is 1. The second-order valence-corrected chi connectivity index (χ2v) is 2.41. The number of rotatable bonds is 4. The summed E-state index contributed by atoms with van der Waals surface area (Å²) in [6, 6.07) is 0.217. The molecule has 0 bridgehead atoms. The summed E-state index contributed by atoms with van der Waals surface area (Å²) in [6.07, 6.45) is 2.44. The molecule has 0 aliphatic rings. The lowest BCUT2D eigenvalue weighted by Gasteiger charge is -2.04. The summed E-state index contributed by atoms with van der Waals surface area (Å²) in [5.74, 6) is 0.235. The molecule has 9 heavy (non-hydrogen) atoms. The van der Waals surface area contributed by atoms with Crippen molar-refractivity contribution in [2.24, 2.45) is 5.73 Å². The van der Waals surface area contributed by atoms with E-state index in [0.29, 0.717) is 6.42 Å². The van der Waals surface area contributed by atoms with Gasteiger partial charge in [-0.15, -0.1) is 0 Å². The average molecular weight is 129 g/mol. The Bertz CT molecular complexity index is 90.9. The van der Waals surface area contributed by atoms with Crippen molar-refractivity contribution in [3.8, 4) is 0 Å². The quantitative estimate of drug-likeness (QED) is 0.617. The van der Waals surface area contributed by atoms with Crippen LogP contribution in [0.5, 0.6) is 0 Å². The van der Waals surface area contributed by atoms with E-state index >= 15 is 0 Å². The van der Waals surface area contributed by atoms with Crippen molar-refractivity contribution in [2.45, 2.75) is 39.2 Å². The van der Waals surface area contributed by atoms with Crippen LogP contribution < -0.4 is 5.73 Å². The van der Waals surface area contributed by atoms with Gasteiger partial charge in [0.15, 0.2) is 0 Å². The zero-order chi connectivity index (χ0) is 7.28. The number of carbonyl (C=O) groups is 1. The monoisotopic (exact) mass is 129 g/mol. The molecule has 2 heteroatoms. The molecule has 0 aromatic rings. The molecule has 0 aliphatic heterocycles. The van der Waals surface area contributed by atoms with E-state index in [1.807, 2.05) is 6.92 Å². The number of ketones is 1. The lowest BCUT2D eigenvalue weighted by molar-refractivity contribution is -0.117. The van der Waals surface area contributed by atoms with Crippen molar-refractivity contribution in [1.29, 1.82) is 0 Å². The molecular weight excluding hydrogens is 114 g/mol. The van der Waals surface area contributed by atoms with Crippen LogP contribution in [-0.4, -0.2) is 11.8 Å². The minimum atomic E-state index is 0.217. The van der Waals surface area contributed by atoms with Crippen LogP contribution >= 0.6 is 0 Å². The van der Waals surface area contributed by atoms with E-state index in [1.54, 1.807) is 6.92 Å². The van der Waals surface area contributed by atoms with Crippen LogP contribution in [0.25, 0.3) is 0 Å².